The van der Waals surface area contributed by atoms with Crippen LogP contribution in [-0.2, 0) is 9.59 Å². The number of hydrogen-bond donors (Lipinski definition) is 0. The maximum absolute atomic E-state index is 10.2. The van der Waals surface area contributed by atoms with Crippen molar-refractivity contribution in [2.45, 2.75) is 19.3 Å². The summed E-state index contributed by atoms with van der Waals surface area (Å²) in [5, 5.41) is 20.4. The van der Waals surface area contributed by atoms with Crippen molar-refractivity contribution in [2.24, 2.45) is 5.41 Å². The van der Waals surface area contributed by atoms with Gasteiger partial charge in [-0.25, -0.2) is 0 Å². The lowest BCUT2D eigenvalue weighted by Crippen LogP contribution is -2.57. The minimum atomic E-state index is -1.67. The number of aliphatic carboxylic acids is 2. The van der Waals surface area contributed by atoms with Crippen molar-refractivity contribution in [3.05, 3.63) is 0 Å². The smallest absolute Gasteiger partial charge is 0.0532 e. The summed E-state index contributed by atoms with van der Waals surface area (Å²) in [4.78, 5) is 20.4. The van der Waals surface area contributed by atoms with Gasteiger partial charge in [-0.3, -0.25) is 0 Å². The summed E-state index contributed by atoms with van der Waals surface area (Å²) < 4.78 is 0. The summed E-state index contributed by atoms with van der Waals surface area (Å²) >= 11 is 0. The Bertz CT molecular complexity index is 164. The molecule has 56 valence electrons. The molecule has 0 aromatic heterocycles. The molecule has 4 heteroatoms. The van der Waals surface area contributed by atoms with Crippen LogP contribution in [0.3, 0.4) is 0 Å². The van der Waals surface area contributed by atoms with E-state index in [2.05, 4.69) is 0 Å². The van der Waals surface area contributed by atoms with E-state index in [1.807, 2.05) is 0 Å². The van der Waals surface area contributed by atoms with E-state index < -0.39 is 17.4 Å². The molecule has 0 atom stereocenters. The molecule has 0 amide bonds. The maximum Gasteiger partial charge on any atom is 0.0532 e. The highest BCUT2D eigenvalue weighted by molar-refractivity contribution is 5.97. The second kappa shape index (κ2) is 1.97. The standard InChI is InChI=1S/C6H8O4/c7-4(8)6(5(9)10)2-1-3-6/h1-3H2,(H,7,8)(H,9,10)/p-2. The van der Waals surface area contributed by atoms with Gasteiger partial charge in [-0.05, 0) is 12.8 Å². The summed E-state index contributed by atoms with van der Waals surface area (Å²) in [7, 11) is 0. The maximum atomic E-state index is 10.2. The first-order valence-corrected chi connectivity index (χ1v) is 3.02. The van der Waals surface area contributed by atoms with Gasteiger partial charge in [0.05, 0.1) is 11.9 Å². The van der Waals surface area contributed by atoms with Crippen LogP contribution in [0.2, 0.25) is 0 Å². The summed E-state index contributed by atoms with van der Waals surface area (Å²) in [6, 6.07) is 0. The van der Waals surface area contributed by atoms with Crippen LogP contribution in [0.5, 0.6) is 0 Å². The third-order valence-electron chi connectivity index (χ3n) is 1.99. The molecule has 1 rings (SSSR count). The van der Waals surface area contributed by atoms with Crippen molar-refractivity contribution in [1.82, 2.24) is 0 Å². The molecule has 1 aliphatic rings. The second-order valence-electron chi connectivity index (χ2n) is 2.51. The van der Waals surface area contributed by atoms with E-state index in [1.54, 1.807) is 0 Å². The highest BCUT2D eigenvalue weighted by Crippen LogP contribution is 2.39. The van der Waals surface area contributed by atoms with E-state index in [1.165, 1.54) is 0 Å². The van der Waals surface area contributed by atoms with Crippen molar-refractivity contribution >= 4 is 11.9 Å². The quantitative estimate of drug-likeness (QED) is 0.404. The molecule has 0 spiro atoms. The zero-order valence-electron chi connectivity index (χ0n) is 5.25. The van der Waals surface area contributed by atoms with Gasteiger partial charge in [0.1, 0.15) is 0 Å². The first-order chi connectivity index (χ1) is 4.59. The minimum Gasteiger partial charge on any atom is -0.549 e. The van der Waals surface area contributed by atoms with Gasteiger partial charge in [-0.15, -0.1) is 0 Å². The molecule has 1 fully saturated rings. The molecule has 4 nitrogen and oxygen atoms in total. The largest absolute Gasteiger partial charge is 0.549 e. The lowest BCUT2D eigenvalue weighted by molar-refractivity contribution is -0.348. The molecule has 0 aromatic rings. The van der Waals surface area contributed by atoms with Crippen LogP contribution < -0.4 is 10.2 Å². The Morgan fingerprint density at radius 2 is 1.50 bits per heavy atom. The van der Waals surface area contributed by atoms with Crippen LogP contribution in [0.4, 0.5) is 0 Å². The van der Waals surface area contributed by atoms with Gasteiger partial charge < -0.3 is 19.8 Å². The van der Waals surface area contributed by atoms with Gasteiger partial charge >= 0.3 is 0 Å². The molecule has 0 unspecified atom stereocenters. The van der Waals surface area contributed by atoms with Gasteiger partial charge in [0.15, 0.2) is 0 Å². The van der Waals surface area contributed by atoms with Crippen molar-refractivity contribution in [3.8, 4) is 0 Å². The van der Waals surface area contributed by atoms with Crippen LogP contribution in [0.25, 0.3) is 0 Å². The van der Waals surface area contributed by atoms with Crippen LogP contribution in [0.15, 0.2) is 0 Å². The van der Waals surface area contributed by atoms with E-state index in [9.17, 15) is 19.8 Å². The molecule has 0 radical (unpaired) electrons. The SMILES string of the molecule is O=C([O-])C1(C(=O)[O-])CCC1. The highest BCUT2D eigenvalue weighted by Gasteiger charge is 2.39. The van der Waals surface area contributed by atoms with Gasteiger partial charge in [-0.1, -0.05) is 6.42 Å². The van der Waals surface area contributed by atoms with E-state index in [-0.39, 0.29) is 12.8 Å². The molecule has 10 heavy (non-hydrogen) atoms. The molecular weight excluding hydrogens is 136 g/mol. The Kier molecular flexibility index (Phi) is 1.39. The third-order valence-corrected chi connectivity index (χ3v) is 1.99. The summed E-state index contributed by atoms with van der Waals surface area (Å²) in [6.07, 6.45) is 0.928. The predicted octanol–water partition coefficient (Wildman–Crippen LogP) is -2.34. The minimum absolute atomic E-state index is 0.150. The number of carboxylic acid groups (broad SMARTS) is 2. The average molecular weight is 142 g/mol. The van der Waals surface area contributed by atoms with Crippen LogP contribution >= 0.6 is 0 Å². The fourth-order valence-electron chi connectivity index (χ4n) is 1.02. The number of carbonyl (C=O) groups is 2. The molecule has 0 bridgehead atoms. The fourth-order valence-corrected chi connectivity index (χ4v) is 1.02. The van der Waals surface area contributed by atoms with Crippen LogP contribution in [0, 0.1) is 5.41 Å². The van der Waals surface area contributed by atoms with Gasteiger partial charge in [0, 0.05) is 5.41 Å². The zero-order valence-corrected chi connectivity index (χ0v) is 5.25. The lowest BCUT2D eigenvalue weighted by Gasteiger charge is -2.43. The number of carbonyl (C=O) groups excluding carboxylic acids is 2. The van der Waals surface area contributed by atoms with Gasteiger partial charge in [-0.2, -0.15) is 0 Å². The van der Waals surface area contributed by atoms with Crippen molar-refractivity contribution in [1.29, 1.82) is 0 Å². The average Bonchev–Trinajstić information content (AvgIpc) is 1.57. The predicted molar refractivity (Wildman–Crippen MR) is 26.3 cm³/mol. The number of rotatable bonds is 2. The molecule has 0 saturated heterocycles. The molecular formula is C6H6O4-2. The number of carboxylic acids is 2. The van der Waals surface area contributed by atoms with Crippen molar-refractivity contribution in [2.75, 3.05) is 0 Å². The monoisotopic (exact) mass is 142 g/mol. The molecule has 1 aliphatic carbocycles. The van der Waals surface area contributed by atoms with Crippen molar-refractivity contribution in [3.63, 3.8) is 0 Å². The molecule has 0 heterocycles. The Morgan fingerprint density at radius 3 is 1.50 bits per heavy atom. The Hall–Kier alpha value is -1.06. The topological polar surface area (TPSA) is 80.3 Å². The van der Waals surface area contributed by atoms with Gasteiger partial charge in [0.2, 0.25) is 0 Å². The highest BCUT2D eigenvalue weighted by atomic mass is 16.4. The number of hydrogen-bond acceptors (Lipinski definition) is 4. The summed E-state index contributed by atoms with van der Waals surface area (Å²) in [5.74, 6) is -3.03. The normalized spacial score (nSPS) is 21.2. The Balaban J connectivity index is 2.78. The van der Waals surface area contributed by atoms with Crippen LogP contribution in [0.1, 0.15) is 19.3 Å². The molecule has 1 saturated carbocycles. The van der Waals surface area contributed by atoms with E-state index in [4.69, 9.17) is 0 Å². The summed E-state index contributed by atoms with van der Waals surface area (Å²) in [5.41, 5.74) is -1.67. The fraction of sp³-hybridized carbons (Fsp3) is 0.667. The lowest BCUT2D eigenvalue weighted by atomic mass is 9.69. The first kappa shape index (κ1) is 7.05. The van der Waals surface area contributed by atoms with Gasteiger partial charge in [0.25, 0.3) is 0 Å². The molecule has 0 aliphatic heterocycles. The van der Waals surface area contributed by atoms with Crippen molar-refractivity contribution < 1.29 is 19.8 Å². The zero-order chi connectivity index (χ0) is 7.78. The van der Waals surface area contributed by atoms with Crippen LogP contribution in [-0.4, -0.2) is 11.9 Å². The Morgan fingerprint density at radius 1 is 1.10 bits per heavy atom. The third kappa shape index (κ3) is 0.683. The van der Waals surface area contributed by atoms with E-state index >= 15 is 0 Å². The molecule has 0 N–H and O–H groups in total. The Labute approximate surface area is 57.5 Å². The van der Waals surface area contributed by atoms with E-state index in [0.29, 0.717) is 6.42 Å². The van der Waals surface area contributed by atoms with E-state index in [0.717, 1.165) is 0 Å². The summed E-state index contributed by atoms with van der Waals surface area (Å²) in [6.45, 7) is 0. The molecule has 0 aromatic carbocycles. The first-order valence-electron chi connectivity index (χ1n) is 3.02. The second-order valence-corrected chi connectivity index (χ2v) is 2.51.